The molecule has 0 aliphatic heterocycles. The van der Waals surface area contributed by atoms with Gasteiger partial charge >= 0.3 is 0 Å². The van der Waals surface area contributed by atoms with E-state index in [9.17, 15) is 4.79 Å². The maximum absolute atomic E-state index is 12.0. The van der Waals surface area contributed by atoms with Crippen LogP contribution < -0.4 is 11.1 Å². The van der Waals surface area contributed by atoms with Gasteiger partial charge in [-0.3, -0.25) is 4.79 Å². The monoisotopic (exact) mass is 283 g/mol. The molecule has 1 aromatic rings. The molecule has 0 bridgehead atoms. The number of halogens is 1. The van der Waals surface area contributed by atoms with Gasteiger partial charge in [0.1, 0.15) is 5.82 Å². The largest absolute Gasteiger partial charge is 0.385 e. The van der Waals surface area contributed by atoms with Gasteiger partial charge in [-0.05, 0) is 30.7 Å². The van der Waals surface area contributed by atoms with E-state index in [1.807, 2.05) is 0 Å². The molecule has 1 saturated carbocycles. The Hall–Kier alpha value is -1.33. The quantitative estimate of drug-likeness (QED) is 0.835. The van der Waals surface area contributed by atoms with Gasteiger partial charge in [-0.15, -0.1) is 0 Å². The zero-order valence-corrected chi connectivity index (χ0v) is 11.7. The summed E-state index contributed by atoms with van der Waals surface area (Å²) >= 11 is 5.84. The first-order valence-corrected chi connectivity index (χ1v) is 6.62. The predicted octanol–water partition coefficient (Wildman–Crippen LogP) is 1.86. The molecule has 5 nitrogen and oxygen atoms in total. The van der Waals surface area contributed by atoms with E-state index in [1.165, 1.54) is 12.3 Å². The molecule has 1 aromatic heterocycles. The molecule has 1 aliphatic rings. The zero-order chi connectivity index (χ0) is 13.9. The SMILES string of the molecule is COCCC1(CNC(=O)c2cnc(N)c(Cl)c2)CC1. The number of ether oxygens (including phenoxy) is 1. The highest BCUT2D eigenvalue weighted by Gasteiger charge is 2.42. The van der Waals surface area contributed by atoms with Crippen molar-refractivity contribution in [2.24, 2.45) is 5.41 Å². The van der Waals surface area contributed by atoms with Crippen LogP contribution in [0.3, 0.4) is 0 Å². The Labute approximate surface area is 117 Å². The minimum Gasteiger partial charge on any atom is -0.385 e. The normalized spacial score (nSPS) is 16.1. The van der Waals surface area contributed by atoms with E-state index in [2.05, 4.69) is 10.3 Å². The van der Waals surface area contributed by atoms with Crippen molar-refractivity contribution in [2.45, 2.75) is 19.3 Å². The van der Waals surface area contributed by atoms with Crippen LogP contribution in [0.4, 0.5) is 5.82 Å². The second-order valence-electron chi connectivity index (χ2n) is 5.02. The van der Waals surface area contributed by atoms with Gasteiger partial charge in [-0.2, -0.15) is 0 Å². The van der Waals surface area contributed by atoms with Gasteiger partial charge in [0, 0.05) is 26.5 Å². The predicted molar refractivity (Wildman–Crippen MR) is 74.2 cm³/mol. The Morgan fingerprint density at radius 3 is 2.95 bits per heavy atom. The van der Waals surface area contributed by atoms with Crippen molar-refractivity contribution < 1.29 is 9.53 Å². The van der Waals surface area contributed by atoms with Crippen LogP contribution in [0.5, 0.6) is 0 Å². The number of hydrogen-bond acceptors (Lipinski definition) is 4. The smallest absolute Gasteiger partial charge is 0.252 e. The summed E-state index contributed by atoms with van der Waals surface area (Å²) in [5.74, 6) is 0.0649. The molecule has 0 radical (unpaired) electrons. The van der Waals surface area contributed by atoms with Crippen molar-refractivity contribution in [3.8, 4) is 0 Å². The number of hydrogen-bond donors (Lipinski definition) is 2. The van der Waals surface area contributed by atoms with Crippen molar-refractivity contribution in [3.63, 3.8) is 0 Å². The number of amides is 1. The Morgan fingerprint density at radius 2 is 2.37 bits per heavy atom. The number of aromatic nitrogens is 1. The molecule has 0 unspecified atom stereocenters. The van der Waals surface area contributed by atoms with Crippen molar-refractivity contribution in [1.29, 1.82) is 0 Å². The van der Waals surface area contributed by atoms with E-state index in [0.29, 0.717) is 17.1 Å². The van der Waals surface area contributed by atoms with Gasteiger partial charge in [0.2, 0.25) is 0 Å². The number of methoxy groups -OCH3 is 1. The number of rotatable bonds is 6. The van der Waals surface area contributed by atoms with Gasteiger partial charge in [-0.25, -0.2) is 4.98 Å². The molecular weight excluding hydrogens is 266 g/mol. The van der Waals surface area contributed by atoms with Gasteiger partial charge in [0.05, 0.1) is 10.6 Å². The number of pyridine rings is 1. The van der Waals surface area contributed by atoms with E-state index in [1.54, 1.807) is 7.11 Å². The van der Waals surface area contributed by atoms with E-state index in [-0.39, 0.29) is 17.1 Å². The van der Waals surface area contributed by atoms with Crippen LogP contribution in [0.15, 0.2) is 12.3 Å². The van der Waals surface area contributed by atoms with E-state index < -0.39 is 0 Å². The summed E-state index contributed by atoms with van der Waals surface area (Å²) in [7, 11) is 1.69. The van der Waals surface area contributed by atoms with Crippen molar-refractivity contribution in [3.05, 3.63) is 22.8 Å². The second-order valence-corrected chi connectivity index (χ2v) is 5.42. The Balaban J connectivity index is 1.89. The topological polar surface area (TPSA) is 77.2 Å². The Kier molecular flexibility index (Phi) is 4.27. The molecule has 19 heavy (non-hydrogen) atoms. The summed E-state index contributed by atoms with van der Waals surface area (Å²) in [6, 6.07) is 1.54. The maximum Gasteiger partial charge on any atom is 0.252 e. The van der Waals surface area contributed by atoms with Crippen molar-refractivity contribution >= 4 is 23.3 Å². The number of nitrogens with two attached hydrogens (primary N) is 1. The third kappa shape index (κ3) is 3.58. The molecule has 1 heterocycles. The molecule has 3 N–H and O–H groups in total. The first-order valence-electron chi connectivity index (χ1n) is 6.24. The molecular formula is C13H18ClN3O2. The molecule has 6 heteroatoms. The van der Waals surface area contributed by atoms with Crippen LogP contribution in [-0.4, -0.2) is 31.2 Å². The summed E-state index contributed by atoms with van der Waals surface area (Å²) in [6.07, 6.45) is 4.69. The van der Waals surface area contributed by atoms with Crippen LogP contribution in [0.2, 0.25) is 5.02 Å². The third-order valence-corrected chi connectivity index (χ3v) is 3.85. The summed E-state index contributed by atoms with van der Waals surface area (Å²) in [4.78, 5) is 15.8. The Bertz CT molecular complexity index is 475. The molecule has 1 fully saturated rings. The number of carbonyl (C=O) groups is 1. The first-order chi connectivity index (χ1) is 9.06. The highest BCUT2D eigenvalue weighted by atomic mass is 35.5. The molecule has 0 atom stereocenters. The van der Waals surface area contributed by atoms with Crippen LogP contribution in [0.1, 0.15) is 29.6 Å². The van der Waals surface area contributed by atoms with E-state index >= 15 is 0 Å². The zero-order valence-electron chi connectivity index (χ0n) is 10.9. The summed E-state index contributed by atoms with van der Waals surface area (Å²) in [6.45, 7) is 1.39. The lowest BCUT2D eigenvalue weighted by Gasteiger charge is -2.15. The standard InChI is InChI=1S/C13H18ClN3O2/c1-19-5-4-13(2-3-13)8-17-12(18)9-6-10(14)11(15)16-7-9/h6-7H,2-5,8H2,1H3,(H2,15,16)(H,17,18). The summed E-state index contributed by atoms with van der Waals surface area (Å²) in [5, 5.41) is 3.22. The molecule has 1 aliphatic carbocycles. The third-order valence-electron chi connectivity index (χ3n) is 3.55. The minimum absolute atomic E-state index is 0.168. The fourth-order valence-electron chi connectivity index (χ4n) is 1.95. The van der Waals surface area contributed by atoms with Crippen LogP contribution in [-0.2, 0) is 4.74 Å². The lowest BCUT2D eigenvalue weighted by Crippen LogP contribution is -2.31. The fourth-order valence-corrected chi connectivity index (χ4v) is 2.12. The minimum atomic E-state index is -0.168. The summed E-state index contributed by atoms with van der Waals surface area (Å²) < 4.78 is 5.08. The van der Waals surface area contributed by atoms with Gasteiger partial charge < -0.3 is 15.8 Å². The maximum atomic E-state index is 12.0. The first kappa shape index (κ1) is 14.1. The van der Waals surface area contributed by atoms with Gasteiger partial charge in [0.15, 0.2) is 0 Å². The molecule has 0 aromatic carbocycles. The Morgan fingerprint density at radius 1 is 1.63 bits per heavy atom. The summed E-state index contributed by atoms with van der Waals surface area (Å²) in [5.41, 5.74) is 6.16. The molecule has 1 amide bonds. The lowest BCUT2D eigenvalue weighted by atomic mass is 10.0. The molecule has 0 saturated heterocycles. The molecule has 2 rings (SSSR count). The number of carbonyl (C=O) groups excluding carboxylic acids is 1. The number of nitrogens with one attached hydrogen (secondary N) is 1. The fraction of sp³-hybridized carbons (Fsp3) is 0.538. The number of nitrogens with zero attached hydrogens (tertiary/aromatic N) is 1. The highest BCUT2D eigenvalue weighted by molar-refractivity contribution is 6.33. The second kappa shape index (κ2) is 5.75. The average Bonchev–Trinajstić information content (AvgIpc) is 3.17. The van der Waals surface area contributed by atoms with Gasteiger partial charge in [0.25, 0.3) is 5.91 Å². The van der Waals surface area contributed by atoms with Crippen molar-refractivity contribution in [2.75, 3.05) is 26.0 Å². The van der Waals surface area contributed by atoms with Gasteiger partial charge in [-0.1, -0.05) is 11.6 Å². The van der Waals surface area contributed by atoms with Crippen LogP contribution >= 0.6 is 11.6 Å². The highest BCUT2D eigenvalue weighted by Crippen LogP contribution is 2.48. The van der Waals surface area contributed by atoms with Crippen LogP contribution in [0, 0.1) is 5.41 Å². The number of anilines is 1. The van der Waals surface area contributed by atoms with E-state index in [0.717, 1.165) is 25.9 Å². The average molecular weight is 284 g/mol. The lowest BCUT2D eigenvalue weighted by molar-refractivity contribution is 0.0937. The van der Waals surface area contributed by atoms with E-state index in [4.69, 9.17) is 22.1 Å². The molecule has 0 spiro atoms. The van der Waals surface area contributed by atoms with Crippen LogP contribution in [0.25, 0.3) is 0 Å². The number of nitrogen functional groups attached to an aromatic ring is 1. The van der Waals surface area contributed by atoms with Crippen molar-refractivity contribution in [1.82, 2.24) is 10.3 Å². The molecule has 104 valence electrons.